The van der Waals surface area contributed by atoms with E-state index < -0.39 is 6.04 Å². The third-order valence-electron chi connectivity index (χ3n) is 2.64. The highest BCUT2D eigenvalue weighted by Gasteiger charge is 2.16. The highest BCUT2D eigenvalue weighted by atomic mass is 32.4. The minimum absolute atomic E-state index is 0.275. The molecule has 0 aliphatic rings. The molecule has 88 valence electrons. The lowest BCUT2D eigenvalue weighted by Crippen LogP contribution is -2.14. The molecule has 0 heterocycles. The summed E-state index contributed by atoms with van der Waals surface area (Å²) in [6.45, 7) is 1.96. The third kappa shape index (κ3) is 2.62. The predicted octanol–water partition coefficient (Wildman–Crippen LogP) is 3.02. The lowest BCUT2D eigenvalue weighted by atomic mass is 10.3. The van der Waals surface area contributed by atoms with Crippen molar-refractivity contribution in [1.29, 1.82) is 0 Å². The Balaban J connectivity index is 2.45. The molecule has 0 unspecified atom stereocenters. The average Bonchev–Trinajstić information content (AvgIpc) is 2.30. The molecule has 0 aliphatic heterocycles. The van der Waals surface area contributed by atoms with Crippen LogP contribution in [0.15, 0.2) is 48.5 Å². The van der Waals surface area contributed by atoms with Gasteiger partial charge in [-0.15, -0.1) is 0 Å². The summed E-state index contributed by atoms with van der Waals surface area (Å²) in [4.78, 5) is 0. The van der Waals surface area contributed by atoms with Crippen molar-refractivity contribution < 1.29 is 8.78 Å². The first-order valence-corrected chi connectivity index (χ1v) is 8.35. The molecule has 2 rings (SSSR count). The first-order chi connectivity index (χ1) is 8.00. The van der Waals surface area contributed by atoms with Crippen molar-refractivity contribution in [3.63, 3.8) is 0 Å². The van der Waals surface area contributed by atoms with Gasteiger partial charge in [0.05, 0.1) is 0 Å². The van der Waals surface area contributed by atoms with Crippen molar-refractivity contribution >= 4 is 28.5 Å². The summed E-state index contributed by atoms with van der Waals surface area (Å²) in [6, 6.07) is 10.5. The Hall–Kier alpha value is -1.05. The van der Waals surface area contributed by atoms with Crippen molar-refractivity contribution in [3.05, 3.63) is 60.2 Å². The Bertz CT molecular complexity index is 511. The zero-order valence-electron chi connectivity index (χ0n) is 9.23. The molecule has 0 bridgehead atoms. The molecule has 0 N–H and O–H groups in total. The predicted molar refractivity (Wildman–Crippen MR) is 72.3 cm³/mol. The zero-order valence-corrected chi connectivity index (χ0v) is 10.9. The quantitative estimate of drug-likeness (QED) is 0.754. The van der Waals surface area contributed by atoms with Crippen molar-refractivity contribution in [1.82, 2.24) is 0 Å². The van der Waals surface area contributed by atoms with Crippen molar-refractivity contribution in [3.8, 4) is 0 Å². The van der Waals surface area contributed by atoms with Crippen molar-refractivity contribution in [2.45, 2.75) is 0 Å². The van der Waals surface area contributed by atoms with Crippen LogP contribution in [0.2, 0.25) is 0 Å². The van der Waals surface area contributed by atoms with E-state index in [0.717, 1.165) is 10.6 Å². The molecular formula is C13H11F2PS. The molecule has 0 nitrogen and oxygen atoms in total. The van der Waals surface area contributed by atoms with Gasteiger partial charge in [-0.25, -0.2) is 8.78 Å². The van der Waals surface area contributed by atoms with Gasteiger partial charge in [-0.1, -0.05) is 36.1 Å². The van der Waals surface area contributed by atoms with Crippen LogP contribution in [0.1, 0.15) is 0 Å². The summed E-state index contributed by atoms with van der Waals surface area (Å²) in [5.41, 5.74) is 0. The lowest BCUT2D eigenvalue weighted by molar-refractivity contribution is 0.628. The van der Waals surface area contributed by atoms with Crippen LogP contribution in [0, 0.1) is 11.6 Å². The second kappa shape index (κ2) is 4.67. The summed E-state index contributed by atoms with van der Waals surface area (Å²) >= 11 is 5.63. The third-order valence-corrected chi connectivity index (χ3v) is 6.47. The average molecular weight is 268 g/mol. The molecule has 0 aromatic heterocycles. The van der Waals surface area contributed by atoms with Gasteiger partial charge in [0.2, 0.25) is 0 Å². The van der Waals surface area contributed by atoms with Gasteiger partial charge in [0.25, 0.3) is 0 Å². The second-order valence-electron chi connectivity index (χ2n) is 3.88. The van der Waals surface area contributed by atoms with Gasteiger partial charge in [0, 0.05) is 6.04 Å². The Labute approximate surface area is 104 Å². The highest BCUT2D eigenvalue weighted by Crippen LogP contribution is 2.38. The van der Waals surface area contributed by atoms with Crippen molar-refractivity contribution in [2.24, 2.45) is 0 Å². The molecule has 0 fully saturated rings. The van der Waals surface area contributed by atoms with Gasteiger partial charge in [0.1, 0.15) is 11.6 Å². The van der Waals surface area contributed by atoms with E-state index in [1.165, 1.54) is 24.3 Å². The molecule has 2 aromatic rings. The molecular weight excluding hydrogens is 257 g/mol. The maximum Gasteiger partial charge on any atom is 0.123 e. The summed E-state index contributed by atoms with van der Waals surface area (Å²) in [6.07, 6.45) is 0. The number of hydrogen-bond acceptors (Lipinski definition) is 1. The second-order valence-corrected chi connectivity index (χ2v) is 8.95. The zero-order chi connectivity index (χ0) is 12.5. The van der Waals surface area contributed by atoms with Crippen LogP contribution in [0.3, 0.4) is 0 Å². The van der Waals surface area contributed by atoms with Crippen LogP contribution in [0.25, 0.3) is 0 Å². The summed E-state index contributed by atoms with van der Waals surface area (Å²) in [5.74, 6) is -0.550. The fourth-order valence-electron chi connectivity index (χ4n) is 1.60. The number of benzene rings is 2. The maximum absolute atomic E-state index is 12.9. The van der Waals surface area contributed by atoms with E-state index in [2.05, 4.69) is 0 Å². The van der Waals surface area contributed by atoms with Crippen LogP contribution >= 0.6 is 6.04 Å². The van der Waals surface area contributed by atoms with E-state index in [0.29, 0.717) is 0 Å². The van der Waals surface area contributed by atoms with Crippen LogP contribution < -0.4 is 10.6 Å². The molecule has 0 radical (unpaired) electrons. The van der Waals surface area contributed by atoms with Gasteiger partial charge < -0.3 is 0 Å². The fourth-order valence-corrected chi connectivity index (χ4v) is 4.06. The molecule has 0 spiro atoms. The summed E-state index contributed by atoms with van der Waals surface area (Å²) < 4.78 is 25.7. The molecule has 4 heteroatoms. The maximum atomic E-state index is 12.9. The van der Waals surface area contributed by atoms with Crippen molar-refractivity contribution in [2.75, 3.05) is 6.66 Å². The Morgan fingerprint density at radius 1 is 0.765 bits per heavy atom. The molecule has 0 saturated heterocycles. The van der Waals surface area contributed by atoms with Crippen LogP contribution in [0.4, 0.5) is 8.78 Å². The molecule has 2 aromatic carbocycles. The lowest BCUT2D eigenvalue weighted by Gasteiger charge is -2.17. The van der Waals surface area contributed by atoms with E-state index >= 15 is 0 Å². The number of rotatable bonds is 2. The Kier molecular flexibility index (Phi) is 3.41. The monoisotopic (exact) mass is 268 g/mol. The Morgan fingerprint density at radius 2 is 1.06 bits per heavy atom. The normalized spacial score (nSPS) is 11.5. The van der Waals surface area contributed by atoms with Gasteiger partial charge in [0.15, 0.2) is 0 Å². The molecule has 0 saturated carbocycles. The van der Waals surface area contributed by atoms with Gasteiger partial charge in [-0.05, 0) is 41.5 Å². The first-order valence-electron chi connectivity index (χ1n) is 5.10. The Morgan fingerprint density at radius 3 is 1.35 bits per heavy atom. The minimum atomic E-state index is -1.94. The van der Waals surface area contributed by atoms with Gasteiger partial charge in [-0.3, -0.25) is 0 Å². The van der Waals surface area contributed by atoms with E-state index in [4.69, 9.17) is 11.8 Å². The summed E-state index contributed by atoms with van der Waals surface area (Å²) in [7, 11) is 0. The molecule has 0 amide bonds. The molecule has 0 aliphatic carbocycles. The van der Waals surface area contributed by atoms with Crippen LogP contribution in [-0.2, 0) is 11.8 Å². The molecule has 0 atom stereocenters. The topological polar surface area (TPSA) is 0 Å². The number of halogens is 2. The van der Waals surface area contributed by atoms with Crippen LogP contribution in [0.5, 0.6) is 0 Å². The molecule has 17 heavy (non-hydrogen) atoms. The highest BCUT2D eigenvalue weighted by molar-refractivity contribution is 8.21. The van der Waals surface area contributed by atoms with E-state index in [1.54, 1.807) is 24.3 Å². The van der Waals surface area contributed by atoms with E-state index in [1.807, 2.05) is 6.66 Å². The van der Waals surface area contributed by atoms with Gasteiger partial charge >= 0.3 is 0 Å². The standard InChI is InChI=1S/C13H11F2PS/c1-16(17,12-6-2-10(14)3-7-12)13-8-4-11(15)5-9-13/h2-9H,1H3. The SMILES string of the molecule is CP(=S)(c1ccc(F)cc1)c1ccc(F)cc1. The number of hydrogen-bond donors (Lipinski definition) is 0. The van der Waals surface area contributed by atoms with Crippen LogP contribution in [-0.4, -0.2) is 6.66 Å². The summed E-state index contributed by atoms with van der Waals surface area (Å²) in [5, 5.41) is 1.86. The smallest absolute Gasteiger partial charge is 0.123 e. The van der Waals surface area contributed by atoms with E-state index in [9.17, 15) is 8.78 Å². The largest absolute Gasteiger partial charge is 0.207 e. The van der Waals surface area contributed by atoms with E-state index in [-0.39, 0.29) is 11.6 Å². The fraction of sp³-hybridized carbons (Fsp3) is 0.0769. The van der Waals surface area contributed by atoms with Gasteiger partial charge in [-0.2, -0.15) is 0 Å². The minimum Gasteiger partial charge on any atom is -0.207 e. The first kappa shape index (κ1) is 12.4.